The predicted octanol–water partition coefficient (Wildman–Crippen LogP) is 1.65. The summed E-state index contributed by atoms with van der Waals surface area (Å²) < 4.78 is 0. The van der Waals surface area contributed by atoms with Crippen molar-refractivity contribution in [2.75, 3.05) is 25.5 Å². The summed E-state index contributed by atoms with van der Waals surface area (Å²) >= 11 is 0. The van der Waals surface area contributed by atoms with Crippen LogP contribution >= 0.6 is 0 Å². The van der Waals surface area contributed by atoms with E-state index in [0.717, 1.165) is 13.2 Å². The zero-order valence-corrected chi connectivity index (χ0v) is 8.23. The molecular weight excluding hydrogens is 176 g/mol. The van der Waals surface area contributed by atoms with Gasteiger partial charge in [-0.15, -0.1) is 0 Å². The molecule has 2 heterocycles. The van der Waals surface area contributed by atoms with E-state index in [0.29, 0.717) is 12.0 Å². The van der Waals surface area contributed by atoms with Crippen molar-refractivity contribution in [1.82, 2.24) is 5.06 Å². The molecule has 2 aliphatic heterocycles. The Morgan fingerprint density at radius 1 is 1.43 bits per heavy atom. The average molecular weight is 190 g/mol. The quantitative estimate of drug-likeness (QED) is 0.673. The van der Waals surface area contributed by atoms with Crippen LogP contribution in [0.15, 0.2) is 24.3 Å². The zero-order valence-electron chi connectivity index (χ0n) is 8.23. The molecule has 74 valence electrons. The molecule has 3 nitrogen and oxygen atoms in total. The highest BCUT2D eigenvalue weighted by Crippen LogP contribution is 2.40. The number of hydrogen-bond acceptors (Lipinski definition) is 3. The second-order valence-electron chi connectivity index (χ2n) is 4.02. The number of rotatable bonds is 0. The third-order valence-corrected chi connectivity index (χ3v) is 3.16. The number of fused-ring (bicyclic) bond motifs is 3. The van der Waals surface area contributed by atoms with Crippen molar-refractivity contribution >= 4 is 5.69 Å². The van der Waals surface area contributed by atoms with Crippen molar-refractivity contribution in [1.29, 1.82) is 0 Å². The summed E-state index contributed by atoms with van der Waals surface area (Å²) in [5.74, 6) is 0.592. The van der Waals surface area contributed by atoms with Crippen LogP contribution in [0.3, 0.4) is 0 Å². The number of anilines is 1. The standard InChI is InChI=1S/C11H14N2O/c1-13-11-8(7-14-13)6-12-10-5-3-2-4-9(10)11/h2-5,8,11-12H,6-7H2,1H3. The van der Waals surface area contributed by atoms with E-state index in [1.165, 1.54) is 11.3 Å². The monoisotopic (exact) mass is 190 g/mol. The summed E-state index contributed by atoms with van der Waals surface area (Å²) in [6.07, 6.45) is 0. The lowest BCUT2D eigenvalue weighted by Crippen LogP contribution is -2.30. The van der Waals surface area contributed by atoms with E-state index in [9.17, 15) is 0 Å². The van der Waals surface area contributed by atoms with Crippen molar-refractivity contribution in [3.05, 3.63) is 29.8 Å². The van der Waals surface area contributed by atoms with Crippen LogP contribution in [-0.2, 0) is 4.84 Å². The Morgan fingerprint density at radius 3 is 3.21 bits per heavy atom. The highest BCUT2D eigenvalue weighted by Gasteiger charge is 2.38. The van der Waals surface area contributed by atoms with E-state index in [-0.39, 0.29) is 0 Å². The maximum absolute atomic E-state index is 5.55. The number of hydroxylamine groups is 2. The van der Waals surface area contributed by atoms with Crippen LogP contribution in [0.25, 0.3) is 0 Å². The summed E-state index contributed by atoms with van der Waals surface area (Å²) in [4.78, 5) is 5.55. The van der Waals surface area contributed by atoms with Crippen LogP contribution in [0, 0.1) is 5.92 Å². The van der Waals surface area contributed by atoms with Crippen molar-refractivity contribution in [3.8, 4) is 0 Å². The molecule has 14 heavy (non-hydrogen) atoms. The molecule has 1 saturated heterocycles. The van der Waals surface area contributed by atoms with Crippen LogP contribution in [0.1, 0.15) is 11.6 Å². The molecule has 2 aliphatic rings. The number of para-hydroxylation sites is 1. The van der Waals surface area contributed by atoms with E-state index < -0.39 is 0 Å². The van der Waals surface area contributed by atoms with E-state index in [2.05, 4.69) is 29.6 Å². The zero-order chi connectivity index (χ0) is 9.54. The molecule has 0 radical (unpaired) electrons. The molecular formula is C11H14N2O. The summed E-state index contributed by atoms with van der Waals surface area (Å²) in [6, 6.07) is 8.92. The van der Waals surface area contributed by atoms with Crippen LogP contribution in [0.2, 0.25) is 0 Å². The first-order chi connectivity index (χ1) is 6.86. The molecule has 0 amide bonds. The van der Waals surface area contributed by atoms with E-state index in [4.69, 9.17) is 4.84 Å². The molecule has 1 aromatic rings. The van der Waals surface area contributed by atoms with E-state index in [1.807, 2.05) is 12.1 Å². The molecule has 2 atom stereocenters. The van der Waals surface area contributed by atoms with Crippen molar-refractivity contribution in [2.45, 2.75) is 6.04 Å². The Morgan fingerprint density at radius 2 is 2.29 bits per heavy atom. The second-order valence-corrected chi connectivity index (χ2v) is 4.02. The minimum absolute atomic E-state index is 0.437. The van der Waals surface area contributed by atoms with Gasteiger partial charge in [-0.2, -0.15) is 5.06 Å². The van der Waals surface area contributed by atoms with Gasteiger partial charge in [0.15, 0.2) is 0 Å². The number of nitrogens with one attached hydrogen (secondary N) is 1. The van der Waals surface area contributed by atoms with Gasteiger partial charge in [-0.25, -0.2) is 0 Å². The molecule has 0 aliphatic carbocycles. The topological polar surface area (TPSA) is 24.5 Å². The van der Waals surface area contributed by atoms with E-state index in [1.54, 1.807) is 0 Å². The lowest BCUT2D eigenvalue weighted by molar-refractivity contribution is -0.110. The summed E-state index contributed by atoms with van der Waals surface area (Å²) in [6.45, 7) is 1.86. The number of benzene rings is 1. The van der Waals surface area contributed by atoms with Gasteiger partial charge in [-0.05, 0) is 11.6 Å². The molecule has 3 heteroatoms. The van der Waals surface area contributed by atoms with Gasteiger partial charge in [-0.1, -0.05) is 18.2 Å². The van der Waals surface area contributed by atoms with Gasteiger partial charge in [0.1, 0.15) is 0 Å². The van der Waals surface area contributed by atoms with Gasteiger partial charge >= 0.3 is 0 Å². The molecule has 0 bridgehead atoms. The minimum atomic E-state index is 0.437. The normalized spacial score (nSPS) is 30.6. The predicted molar refractivity (Wildman–Crippen MR) is 54.9 cm³/mol. The van der Waals surface area contributed by atoms with Crippen molar-refractivity contribution in [3.63, 3.8) is 0 Å². The highest BCUT2D eigenvalue weighted by molar-refractivity contribution is 5.55. The van der Waals surface area contributed by atoms with Gasteiger partial charge in [0.25, 0.3) is 0 Å². The van der Waals surface area contributed by atoms with Crippen molar-refractivity contribution in [2.24, 2.45) is 5.92 Å². The molecule has 3 rings (SSSR count). The highest BCUT2D eigenvalue weighted by atomic mass is 16.7. The van der Waals surface area contributed by atoms with Gasteiger partial charge in [0.05, 0.1) is 12.6 Å². The largest absolute Gasteiger partial charge is 0.384 e. The summed E-state index contributed by atoms with van der Waals surface area (Å²) in [7, 11) is 2.02. The summed E-state index contributed by atoms with van der Waals surface area (Å²) in [5.41, 5.74) is 2.62. The summed E-state index contributed by atoms with van der Waals surface area (Å²) in [5, 5.41) is 5.44. The molecule has 2 unspecified atom stereocenters. The van der Waals surface area contributed by atoms with Gasteiger partial charge < -0.3 is 5.32 Å². The Kier molecular flexibility index (Phi) is 1.75. The molecule has 1 aromatic carbocycles. The van der Waals surface area contributed by atoms with E-state index >= 15 is 0 Å². The van der Waals surface area contributed by atoms with Crippen LogP contribution in [-0.4, -0.2) is 25.3 Å². The second kappa shape index (κ2) is 2.97. The maximum Gasteiger partial charge on any atom is 0.0749 e. The molecule has 0 spiro atoms. The average Bonchev–Trinajstić information content (AvgIpc) is 2.61. The van der Waals surface area contributed by atoms with Crippen LogP contribution < -0.4 is 5.32 Å². The van der Waals surface area contributed by atoms with Gasteiger partial charge in [0, 0.05) is 25.2 Å². The molecule has 0 aromatic heterocycles. The van der Waals surface area contributed by atoms with Crippen LogP contribution in [0.4, 0.5) is 5.69 Å². The number of hydrogen-bond donors (Lipinski definition) is 1. The molecule has 0 saturated carbocycles. The maximum atomic E-state index is 5.55. The van der Waals surface area contributed by atoms with Gasteiger partial charge in [-0.3, -0.25) is 4.84 Å². The van der Waals surface area contributed by atoms with Gasteiger partial charge in [0.2, 0.25) is 0 Å². The first-order valence-electron chi connectivity index (χ1n) is 5.05. The Labute approximate surface area is 83.6 Å². The Bertz CT molecular complexity index is 353. The number of nitrogens with zero attached hydrogens (tertiary/aromatic N) is 1. The Hall–Kier alpha value is -1.06. The fourth-order valence-corrected chi connectivity index (χ4v) is 2.46. The van der Waals surface area contributed by atoms with Crippen molar-refractivity contribution < 1.29 is 4.84 Å². The minimum Gasteiger partial charge on any atom is -0.384 e. The van der Waals surface area contributed by atoms with Crippen LogP contribution in [0.5, 0.6) is 0 Å². The molecule has 1 N–H and O–H groups in total. The lowest BCUT2D eigenvalue weighted by Gasteiger charge is -2.30. The smallest absolute Gasteiger partial charge is 0.0749 e. The SMILES string of the molecule is CN1OCC2CNc3ccccc3C21. The third-order valence-electron chi connectivity index (χ3n) is 3.16. The fraction of sp³-hybridized carbons (Fsp3) is 0.455. The third kappa shape index (κ3) is 1.06. The Balaban J connectivity index is 2.07. The molecule has 1 fully saturated rings. The first kappa shape index (κ1) is 8.26. The lowest BCUT2D eigenvalue weighted by atomic mass is 9.90. The fourth-order valence-electron chi connectivity index (χ4n) is 2.46. The first-order valence-corrected chi connectivity index (χ1v) is 5.05.